The quantitative estimate of drug-likeness (QED) is 0.577. The molecule has 0 spiro atoms. The highest BCUT2D eigenvalue weighted by molar-refractivity contribution is 6.32. The molecule has 1 aliphatic rings. The van der Waals surface area contributed by atoms with Crippen molar-refractivity contribution in [3.05, 3.63) is 46.1 Å². The van der Waals surface area contributed by atoms with E-state index < -0.39 is 0 Å². The molecule has 1 aliphatic heterocycles. The van der Waals surface area contributed by atoms with Crippen LogP contribution < -0.4 is 10.1 Å². The molecule has 0 radical (unpaired) electrons. The Bertz CT molecular complexity index is 734. The second kappa shape index (κ2) is 8.84. The summed E-state index contributed by atoms with van der Waals surface area (Å²) in [5.41, 5.74) is 1.05. The van der Waals surface area contributed by atoms with Crippen LogP contribution in [0.15, 0.2) is 24.3 Å². The van der Waals surface area contributed by atoms with Crippen LogP contribution in [0, 0.1) is 5.82 Å². The number of aromatic nitrogens is 2. The molecule has 2 heterocycles. The molecule has 26 heavy (non-hydrogen) atoms. The fourth-order valence-electron chi connectivity index (χ4n) is 3.08. The highest BCUT2D eigenvalue weighted by Gasteiger charge is 2.20. The molecule has 0 amide bonds. The van der Waals surface area contributed by atoms with E-state index in [-0.39, 0.29) is 11.1 Å². The van der Waals surface area contributed by atoms with Crippen LogP contribution in [-0.4, -0.2) is 40.6 Å². The predicted molar refractivity (Wildman–Crippen MR) is 102 cm³/mol. The van der Waals surface area contributed by atoms with E-state index >= 15 is 0 Å². The molecule has 1 aromatic carbocycles. The molecular weight excluding hydrogens is 378 g/mol. The van der Waals surface area contributed by atoms with Crippen LogP contribution >= 0.6 is 23.2 Å². The maximum Gasteiger partial charge on any atom is 0.225 e. The van der Waals surface area contributed by atoms with Crippen molar-refractivity contribution in [2.75, 3.05) is 25.0 Å². The van der Waals surface area contributed by atoms with E-state index in [1.54, 1.807) is 12.1 Å². The van der Waals surface area contributed by atoms with E-state index in [1.807, 2.05) is 13.0 Å². The van der Waals surface area contributed by atoms with Gasteiger partial charge in [-0.15, -0.1) is 0 Å². The van der Waals surface area contributed by atoms with E-state index in [2.05, 4.69) is 20.2 Å². The number of halogens is 3. The SMILES string of the molecule is CCOc1cc(CN2CCC(Nc3cc(Cl)nc(Cl)n3)CC2)ccc1F. The standard InChI is InChI=1S/C18H21Cl2FN4O/c1-2-26-15-9-12(3-4-14(15)21)11-25-7-5-13(6-8-25)22-17-10-16(19)23-18(20)24-17/h3-4,9-10,13H,2,5-8,11H2,1H3,(H,22,23,24). The molecule has 1 fully saturated rings. The van der Waals surface area contributed by atoms with Gasteiger partial charge in [-0.1, -0.05) is 17.7 Å². The van der Waals surface area contributed by atoms with Crippen LogP contribution in [0.4, 0.5) is 10.2 Å². The van der Waals surface area contributed by atoms with Crippen LogP contribution in [0.2, 0.25) is 10.4 Å². The minimum Gasteiger partial charge on any atom is -0.491 e. The monoisotopic (exact) mass is 398 g/mol. The van der Waals surface area contributed by atoms with Gasteiger partial charge in [-0.05, 0) is 49.1 Å². The molecule has 1 saturated heterocycles. The molecule has 0 atom stereocenters. The van der Waals surface area contributed by atoms with Gasteiger partial charge in [0, 0.05) is 31.7 Å². The lowest BCUT2D eigenvalue weighted by molar-refractivity contribution is 0.210. The summed E-state index contributed by atoms with van der Waals surface area (Å²) in [6, 6.07) is 7.05. The number of hydrogen-bond donors (Lipinski definition) is 1. The summed E-state index contributed by atoms with van der Waals surface area (Å²) < 4.78 is 19.0. The van der Waals surface area contributed by atoms with E-state index in [0.29, 0.717) is 29.4 Å². The molecule has 3 rings (SSSR count). The summed E-state index contributed by atoms with van der Waals surface area (Å²) in [5, 5.41) is 3.83. The number of piperidine rings is 1. The van der Waals surface area contributed by atoms with Gasteiger partial charge in [-0.3, -0.25) is 4.90 Å². The first-order chi connectivity index (χ1) is 12.5. The first-order valence-electron chi connectivity index (χ1n) is 8.63. The van der Waals surface area contributed by atoms with E-state index in [4.69, 9.17) is 27.9 Å². The summed E-state index contributed by atoms with van der Waals surface area (Å²) >= 11 is 11.7. The Hall–Kier alpha value is -1.63. The number of benzene rings is 1. The molecule has 2 aromatic rings. The molecule has 140 valence electrons. The highest BCUT2D eigenvalue weighted by atomic mass is 35.5. The average Bonchev–Trinajstić information content (AvgIpc) is 2.59. The van der Waals surface area contributed by atoms with Crippen LogP contribution in [0.5, 0.6) is 5.75 Å². The summed E-state index contributed by atoms with van der Waals surface area (Å²) in [5.74, 6) is 0.646. The zero-order valence-corrected chi connectivity index (χ0v) is 16.0. The Balaban J connectivity index is 1.53. The molecule has 0 unspecified atom stereocenters. The smallest absolute Gasteiger partial charge is 0.225 e. The Labute approximate surface area is 162 Å². The summed E-state index contributed by atoms with van der Waals surface area (Å²) in [6.07, 6.45) is 1.94. The first-order valence-corrected chi connectivity index (χ1v) is 9.39. The summed E-state index contributed by atoms with van der Waals surface area (Å²) in [4.78, 5) is 10.3. The molecule has 5 nitrogen and oxygen atoms in total. The minimum absolute atomic E-state index is 0.138. The molecule has 1 aromatic heterocycles. The second-order valence-electron chi connectivity index (χ2n) is 6.24. The fourth-order valence-corrected chi connectivity index (χ4v) is 3.49. The van der Waals surface area contributed by atoms with Crippen LogP contribution in [0.3, 0.4) is 0 Å². The van der Waals surface area contributed by atoms with Crippen molar-refractivity contribution in [2.45, 2.75) is 32.4 Å². The minimum atomic E-state index is -0.319. The van der Waals surface area contributed by atoms with Gasteiger partial charge in [-0.2, -0.15) is 0 Å². The second-order valence-corrected chi connectivity index (χ2v) is 6.96. The van der Waals surface area contributed by atoms with Crippen molar-refractivity contribution in [3.8, 4) is 5.75 Å². The summed E-state index contributed by atoms with van der Waals surface area (Å²) in [7, 11) is 0. The van der Waals surface area contributed by atoms with Crippen LogP contribution in [0.25, 0.3) is 0 Å². The van der Waals surface area contributed by atoms with Crippen molar-refractivity contribution >= 4 is 29.0 Å². The molecule has 0 bridgehead atoms. The Morgan fingerprint density at radius 1 is 1.23 bits per heavy atom. The number of ether oxygens (including phenoxy) is 1. The Kier molecular flexibility index (Phi) is 6.51. The van der Waals surface area contributed by atoms with Crippen molar-refractivity contribution in [1.82, 2.24) is 14.9 Å². The number of nitrogens with one attached hydrogen (secondary N) is 1. The summed E-state index contributed by atoms with van der Waals surface area (Å²) in [6.45, 7) is 4.95. The lowest BCUT2D eigenvalue weighted by Crippen LogP contribution is -2.38. The Morgan fingerprint density at radius 2 is 2.00 bits per heavy atom. The van der Waals surface area contributed by atoms with Crippen molar-refractivity contribution < 1.29 is 9.13 Å². The molecule has 0 aliphatic carbocycles. The number of rotatable bonds is 6. The van der Waals surface area contributed by atoms with Gasteiger partial charge >= 0.3 is 0 Å². The van der Waals surface area contributed by atoms with E-state index in [1.165, 1.54) is 6.07 Å². The number of likely N-dealkylation sites (tertiary alicyclic amines) is 1. The third kappa shape index (κ3) is 5.19. The first kappa shape index (κ1) is 19.1. The van der Waals surface area contributed by atoms with Crippen molar-refractivity contribution in [2.24, 2.45) is 0 Å². The maximum atomic E-state index is 13.7. The van der Waals surface area contributed by atoms with Gasteiger partial charge in [0.25, 0.3) is 0 Å². The number of hydrogen-bond acceptors (Lipinski definition) is 5. The predicted octanol–water partition coefficient (Wildman–Crippen LogP) is 4.40. The van der Waals surface area contributed by atoms with Crippen molar-refractivity contribution in [1.29, 1.82) is 0 Å². The number of anilines is 1. The van der Waals surface area contributed by atoms with E-state index in [9.17, 15) is 4.39 Å². The largest absolute Gasteiger partial charge is 0.491 e. The zero-order chi connectivity index (χ0) is 18.5. The molecular formula is C18H21Cl2FN4O. The zero-order valence-electron chi connectivity index (χ0n) is 14.5. The van der Waals surface area contributed by atoms with Gasteiger partial charge in [0.15, 0.2) is 11.6 Å². The van der Waals surface area contributed by atoms with Gasteiger partial charge in [0.2, 0.25) is 5.28 Å². The fraction of sp³-hybridized carbons (Fsp3) is 0.444. The molecule has 0 saturated carbocycles. The van der Waals surface area contributed by atoms with Gasteiger partial charge in [-0.25, -0.2) is 14.4 Å². The van der Waals surface area contributed by atoms with E-state index in [0.717, 1.165) is 38.0 Å². The number of nitrogens with zero attached hydrogens (tertiary/aromatic N) is 3. The normalized spacial score (nSPS) is 15.8. The lowest BCUT2D eigenvalue weighted by atomic mass is 10.0. The molecule has 8 heteroatoms. The van der Waals surface area contributed by atoms with Crippen LogP contribution in [-0.2, 0) is 6.54 Å². The van der Waals surface area contributed by atoms with Crippen LogP contribution in [0.1, 0.15) is 25.3 Å². The van der Waals surface area contributed by atoms with Gasteiger partial charge in [0.05, 0.1) is 6.61 Å². The van der Waals surface area contributed by atoms with Gasteiger partial charge in [0.1, 0.15) is 11.0 Å². The third-order valence-corrected chi connectivity index (χ3v) is 4.67. The third-order valence-electron chi connectivity index (χ3n) is 4.31. The highest BCUT2D eigenvalue weighted by Crippen LogP contribution is 2.23. The Morgan fingerprint density at radius 3 is 2.69 bits per heavy atom. The van der Waals surface area contributed by atoms with Crippen molar-refractivity contribution in [3.63, 3.8) is 0 Å². The maximum absolute atomic E-state index is 13.7. The topological polar surface area (TPSA) is 50.3 Å². The lowest BCUT2D eigenvalue weighted by Gasteiger charge is -2.32. The van der Waals surface area contributed by atoms with Gasteiger partial charge < -0.3 is 10.1 Å². The molecule has 1 N–H and O–H groups in total. The average molecular weight is 399 g/mol.